The SMILES string of the molecule is CCSc1cccc(N(CCO)C2CCCC2)c1C(N)=S. The first-order valence-corrected chi connectivity index (χ1v) is 9.01. The second kappa shape index (κ2) is 8.01. The Bertz CT molecular complexity index is 487. The van der Waals surface area contributed by atoms with Gasteiger partial charge in [0.25, 0.3) is 0 Å². The van der Waals surface area contributed by atoms with E-state index in [1.807, 2.05) is 0 Å². The van der Waals surface area contributed by atoms with E-state index in [0.717, 1.165) is 21.9 Å². The molecule has 0 bridgehead atoms. The van der Waals surface area contributed by atoms with Crippen LogP contribution in [0.25, 0.3) is 0 Å². The maximum Gasteiger partial charge on any atom is 0.107 e. The Morgan fingerprint density at radius 1 is 1.43 bits per heavy atom. The van der Waals surface area contributed by atoms with Crippen molar-refractivity contribution in [3.05, 3.63) is 23.8 Å². The number of aliphatic hydroxyl groups is 1. The Morgan fingerprint density at radius 2 is 2.14 bits per heavy atom. The fourth-order valence-electron chi connectivity index (χ4n) is 3.11. The number of benzene rings is 1. The molecule has 1 aliphatic rings. The third-order valence-corrected chi connectivity index (χ3v) is 5.11. The van der Waals surface area contributed by atoms with Crippen molar-refractivity contribution < 1.29 is 5.11 Å². The number of hydrogen-bond acceptors (Lipinski definition) is 4. The van der Waals surface area contributed by atoms with Crippen molar-refractivity contribution in [2.45, 2.75) is 43.5 Å². The van der Waals surface area contributed by atoms with Crippen LogP contribution in [-0.2, 0) is 0 Å². The molecule has 0 aliphatic heterocycles. The molecule has 3 nitrogen and oxygen atoms in total. The van der Waals surface area contributed by atoms with E-state index in [2.05, 4.69) is 30.0 Å². The van der Waals surface area contributed by atoms with Crippen LogP contribution < -0.4 is 10.6 Å². The molecule has 1 fully saturated rings. The Hall–Kier alpha value is -0.780. The largest absolute Gasteiger partial charge is 0.395 e. The number of nitrogens with zero attached hydrogens (tertiary/aromatic N) is 1. The Labute approximate surface area is 136 Å². The average molecular weight is 325 g/mol. The quantitative estimate of drug-likeness (QED) is 0.596. The zero-order valence-corrected chi connectivity index (χ0v) is 14.2. The molecule has 1 aliphatic carbocycles. The van der Waals surface area contributed by atoms with Crippen LogP contribution in [0.4, 0.5) is 5.69 Å². The van der Waals surface area contributed by atoms with E-state index in [9.17, 15) is 5.11 Å². The van der Waals surface area contributed by atoms with E-state index in [1.54, 1.807) is 11.8 Å². The lowest BCUT2D eigenvalue weighted by Crippen LogP contribution is -2.37. The molecule has 116 valence electrons. The van der Waals surface area contributed by atoms with E-state index in [1.165, 1.54) is 25.7 Å². The molecule has 0 amide bonds. The predicted octanol–water partition coefficient (Wildman–Crippen LogP) is 3.17. The van der Waals surface area contributed by atoms with Crippen LogP contribution in [0.1, 0.15) is 38.2 Å². The standard InChI is InChI=1S/C16H24N2OS2/c1-2-21-14-9-5-8-13(15(14)16(17)20)18(10-11-19)12-6-3-4-7-12/h5,8-9,12,19H,2-4,6-7,10-11H2,1H3,(H2,17,20). The molecule has 3 N–H and O–H groups in total. The highest BCUT2D eigenvalue weighted by Gasteiger charge is 2.25. The van der Waals surface area contributed by atoms with Gasteiger partial charge >= 0.3 is 0 Å². The van der Waals surface area contributed by atoms with Gasteiger partial charge in [0.15, 0.2) is 0 Å². The van der Waals surface area contributed by atoms with E-state index in [4.69, 9.17) is 18.0 Å². The summed E-state index contributed by atoms with van der Waals surface area (Å²) in [6.07, 6.45) is 4.89. The van der Waals surface area contributed by atoms with E-state index < -0.39 is 0 Å². The van der Waals surface area contributed by atoms with Gasteiger partial charge in [-0.3, -0.25) is 0 Å². The minimum absolute atomic E-state index is 0.151. The van der Waals surface area contributed by atoms with Crippen LogP contribution in [-0.4, -0.2) is 35.0 Å². The summed E-state index contributed by atoms with van der Waals surface area (Å²) in [5.74, 6) is 0.989. The molecule has 21 heavy (non-hydrogen) atoms. The number of hydrogen-bond donors (Lipinski definition) is 2. The highest BCUT2D eigenvalue weighted by Crippen LogP contribution is 2.35. The molecule has 0 spiro atoms. The van der Waals surface area contributed by atoms with Gasteiger partial charge in [0.2, 0.25) is 0 Å². The van der Waals surface area contributed by atoms with Crippen molar-refractivity contribution in [1.29, 1.82) is 0 Å². The number of nitrogens with two attached hydrogens (primary N) is 1. The molecule has 2 rings (SSSR count). The molecule has 0 atom stereocenters. The molecule has 1 saturated carbocycles. The van der Waals surface area contributed by atoms with Gasteiger partial charge in [-0.05, 0) is 30.7 Å². The van der Waals surface area contributed by atoms with Crippen LogP contribution in [0, 0.1) is 0 Å². The van der Waals surface area contributed by atoms with Crippen molar-refractivity contribution in [1.82, 2.24) is 0 Å². The molecule has 0 radical (unpaired) electrons. The molecular weight excluding hydrogens is 300 g/mol. The van der Waals surface area contributed by atoms with Crippen molar-refractivity contribution >= 4 is 34.7 Å². The second-order valence-electron chi connectivity index (χ2n) is 5.30. The van der Waals surface area contributed by atoms with E-state index in [0.29, 0.717) is 17.6 Å². The first-order valence-electron chi connectivity index (χ1n) is 7.62. The Balaban J connectivity index is 2.42. The van der Waals surface area contributed by atoms with Crippen molar-refractivity contribution in [3.8, 4) is 0 Å². The molecule has 0 saturated heterocycles. The number of anilines is 1. The lowest BCUT2D eigenvalue weighted by atomic mass is 10.1. The van der Waals surface area contributed by atoms with Gasteiger partial charge in [0, 0.05) is 28.7 Å². The number of thioether (sulfide) groups is 1. The molecule has 1 aromatic carbocycles. The van der Waals surface area contributed by atoms with Crippen molar-refractivity contribution in [2.75, 3.05) is 23.8 Å². The first-order chi connectivity index (χ1) is 10.2. The topological polar surface area (TPSA) is 49.5 Å². The molecule has 1 aromatic rings. The third kappa shape index (κ3) is 3.90. The van der Waals surface area contributed by atoms with Crippen LogP contribution in [0.2, 0.25) is 0 Å². The zero-order valence-electron chi connectivity index (χ0n) is 12.5. The highest BCUT2D eigenvalue weighted by atomic mass is 32.2. The van der Waals surface area contributed by atoms with Crippen LogP contribution in [0.15, 0.2) is 23.1 Å². The summed E-state index contributed by atoms with van der Waals surface area (Å²) >= 11 is 7.07. The van der Waals surface area contributed by atoms with Crippen LogP contribution >= 0.6 is 24.0 Å². The van der Waals surface area contributed by atoms with Gasteiger partial charge in [0.05, 0.1) is 6.61 Å². The summed E-state index contributed by atoms with van der Waals surface area (Å²) < 4.78 is 0. The Morgan fingerprint density at radius 3 is 2.71 bits per heavy atom. The third-order valence-electron chi connectivity index (χ3n) is 3.97. The predicted molar refractivity (Wildman–Crippen MR) is 95.4 cm³/mol. The zero-order chi connectivity index (χ0) is 15.2. The van der Waals surface area contributed by atoms with Gasteiger partial charge in [-0.25, -0.2) is 0 Å². The lowest BCUT2D eigenvalue weighted by molar-refractivity contribution is 0.297. The number of thiocarbonyl (C=S) groups is 1. The van der Waals surface area contributed by atoms with Crippen LogP contribution in [0.5, 0.6) is 0 Å². The molecule has 0 unspecified atom stereocenters. The van der Waals surface area contributed by atoms with Crippen LogP contribution in [0.3, 0.4) is 0 Å². The maximum atomic E-state index is 9.45. The molecule has 0 heterocycles. The normalized spacial score (nSPS) is 15.3. The first kappa shape index (κ1) is 16.6. The highest BCUT2D eigenvalue weighted by molar-refractivity contribution is 7.99. The van der Waals surface area contributed by atoms with Gasteiger partial charge in [0.1, 0.15) is 4.99 Å². The van der Waals surface area contributed by atoms with E-state index >= 15 is 0 Å². The second-order valence-corrected chi connectivity index (χ2v) is 7.05. The summed E-state index contributed by atoms with van der Waals surface area (Å²) in [5, 5.41) is 9.45. The minimum atomic E-state index is 0.151. The maximum absolute atomic E-state index is 9.45. The fourth-order valence-corrected chi connectivity index (χ4v) is 4.23. The summed E-state index contributed by atoms with van der Waals surface area (Å²) in [6, 6.07) is 6.72. The minimum Gasteiger partial charge on any atom is -0.395 e. The summed E-state index contributed by atoms with van der Waals surface area (Å²) in [6.45, 7) is 2.92. The molecule has 0 aromatic heterocycles. The smallest absolute Gasteiger partial charge is 0.107 e. The summed E-state index contributed by atoms with van der Waals surface area (Å²) in [7, 11) is 0. The monoisotopic (exact) mass is 324 g/mol. The molecular formula is C16H24N2OS2. The fraction of sp³-hybridized carbons (Fsp3) is 0.562. The Kier molecular flexibility index (Phi) is 6.33. The van der Waals surface area contributed by atoms with Gasteiger partial charge in [-0.1, -0.05) is 38.0 Å². The number of rotatable bonds is 7. The molecule has 5 heteroatoms. The summed E-state index contributed by atoms with van der Waals surface area (Å²) in [4.78, 5) is 3.90. The van der Waals surface area contributed by atoms with Gasteiger partial charge < -0.3 is 15.7 Å². The average Bonchev–Trinajstić information content (AvgIpc) is 2.98. The van der Waals surface area contributed by atoms with Gasteiger partial charge in [-0.2, -0.15) is 0 Å². The van der Waals surface area contributed by atoms with Crippen molar-refractivity contribution in [2.24, 2.45) is 5.73 Å². The van der Waals surface area contributed by atoms with E-state index in [-0.39, 0.29) is 6.61 Å². The number of aliphatic hydroxyl groups excluding tert-OH is 1. The van der Waals surface area contributed by atoms with Gasteiger partial charge in [-0.15, -0.1) is 11.8 Å². The summed E-state index contributed by atoms with van der Waals surface area (Å²) in [5.41, 5.74) is 8.06. The van der Waals surface area contributed by atoms with Crippen molar-refractivity contribution in [3.63, 3.8) is 0 Å². The lowest BCUT2D eigenvalue weighted by Gasteiger charge is -2.32.